The lowest BCUT2D eigenvalue weighted by molar-refractivity contribution is 0.176. The van der Waals surface area contributed by atoms with Crippen LogP contribution in [0.3, 0.4) is 0 Å². The number of benzene rings is 1. The Morgan fingerprint density at radius 1 is 1.14 bits per heavy atom. The lowest BCUT2D eigenvalue weighted by Gasteiger charge is -2.21. The number of aliphatic hydroxyl groups excluding tert-OH is 1. The number of aryl methyl sites for hydroxylation is 1. The number of aliphatic hydroxyl groups is 1. The van der Waals surface area contributed by atoms with Crippen molar-refractivity contribution < 1.29 is 5.11 Å². The van der Waals surface area contributed by atoms with E-state index in [0.717, 1.165) is 11.3 Å². The van der Waals surface area contributed by atoms with E-state index in [-0.39, 0.29) is 0 Å². The lowest BCUT2D eigenvalue weighted by atomic mass is 9.96. The van der Waals surface area contributed by atoms with E-state index in [0.29, 0.717) is 12.5 Å². The van der Waals surface area contributed by atoms with E-state index in [4.69, 9.17) is 0 Å². The third-order valence-electron chi connectivity index (χ3n) is 4.48. The van der Waals surface area contributed by atoms with E-state index in [2.05, 4.69) is 22.9 Å². The topological polar surface area (TPSA) is 38.0 Å². The molecule has 0 bridgehead atoms. The average Bonchev–Trinajstić information content (AvgIpc) is 2.97. The molecule has 1 fully saturated rings. The zero-order chi connectivity index (χ0) is 14.7. The van der Waals surface area contributed by atoms with Crippen molar-refractivity contribution in [3.63, 3.8) is 0 Å². The third-order valence-corrected chi connectivity index (χ3v) is 4.48. The van der Waals surface area contributed by atoms with Gasteiger partial charge in [-0.25, -0.2) is 0 Å². The summed E-state index contributed by atoms with van der Waals surface area (Å²) in [5.41, 5.74) is 3.16. The number of hydrogen-bond donors (Lipinski definition) is 1. The van der Waals surface area contributed by atoms with Crippen LogP contribution in [0.1, 0.15) is 61.1 Å². The van der Waals surface area contributed by atoms with Crippen LogP contribution in [0.25, 0.3) is 0 Å². The quantitative estimate of drug-likeness (QED) is 0.922. The van der Waals surface area contributed by atoms with Gasteiger partial charge in [0.2, 0.25) is 0 Å². The van der Waals surface area contributed by atoms with Gasteiger partial charge in [0.25, 0.3) is 0 Å². The molecule has 2 aromatic rings. The fourth-order valence-corrected chi connectivity index (χ4v) is 3.14. The van der Waals surface area contributed by atoms with Crippen molar-refractivity contribution in [2.24, 2.45) is 0 Å². The van der Waals surface area contributed by atoms with Crippen LogP contribution in [-0.4, -0.2) is 14.9 Å². The highest BCUT2D eigenvalue weighted by molar-refractivity contribution is 5.24. The van der Waals surface area contributed by atoms with Crippen LogP contribution in [0.2, 0.25) is 0 Å². The highest BCUT2D eigenvalue weighted by Crippen LogP contribution is 2.28. The van der Waals surface area contributed by atoms with Crippen LogP contribution >= 0.6 is 0 Å². The minimum absolute atomic E-state index is 0.472. The average molecular weight is 284 g/mol. The van der Waals surface area contributed by atoms with Crippen molar-refractivity contribution >= 4 is 0 Å². The van der Waals surface area contributed by atoms with Crippen LogP contribution in [-0.2, 0) is 6.42 Å². The first kappa shape index (κ1) is 14.3. The minimum Gasteiger partial charge on any atom is -0.388 e. The van der Waals surface area contributed by atoms with E-state index >= 15 is 0 Å². The third kappa shape index (κ3) is 3.53. The van der Waals surface area contributed by atoms with Crippen molar-refractivity contribution in [2.45, 2.75) is 57.6 Å². The minimum atomic E-state index is -0.472. The van der Waals surface area contributed by atoms with Crippen LogP contribution in [0, 0.1) is 6.92 Å². The summed E-state index contributed by atoms with van der Waals surface area (Å²) in [6.45, 7) is 2.06. The van der Waals surface area contributed by atoms with Gasteiger partial charge in [-0.3, -0.25) is 4.68 Å². The fourth-order valence-electron chi connectivity index (χ4n) is 3.14. The molecular weight excluding hydrogens is 260 g/mol. The van der Waals surface area contributed by atoms with Gasteiger partial charge in [0.05, 0.1) is 17.8 Å². The summed E-state index contributed by atoms with van der Waals surface area (Å²) >= 11 is 0. The molecule has 0 aliphatic heterocycles. The summed E-state index contributed by atoms with van der Waals surface area (Å²) in [5, 5.41) is 15.0. The number of nitrogens with zero attached hydrogens (tertiary/aromatic N) is 2. The first-order valence-corrected chi connectivity index (χ1v) is 8.01. The van der Waals surface area contributed by atoms with Gasteiger partial charge in [-0.05, 0) is 31.4 Å². The molecule has 0 radical (unpaired) electrons. The Labute approximate surface area is 126 Å². The SMILES string of the molecule is Cc1ccc(C(O)Cc2ccn(C3CCCCC3)n2)cc1. The molecular formula is C18H24N2O. The Kier molecular flexibility index (Phi) is 4.39. The molecule has 3 rings (SSSR count). The maximum atomic E-state index is 10.3. The molecule has 1 heterocycles. The van der Waals surface area contributed by atoms with E-state index < -0.39 is 6.10 Å². The molecule has 1 aliphatic rings. The standard InChI is InChI=1S/C18H24N2O/c1-14-7-9-15(10-8-14)18(21)13-16-11-12-20(19-16)17-5-3-2-4-6-17/h7-12,17-18,21H,2-6,13H2,1H3. The monoisotopic (exact) mass is 284 g/mol. The van der Waals surface area contributed by atoms with E-state index in [1.165, 1.54) is 37.7 Å². The van der Waals surface area contributed by atoms with Crippen molar-refractivity contribution in [1.82, 2.24) is 9.78 Å². The van der Waals surface area contributed by atoms with Crippen LogP contribution in [0.5, 0.6) is 0 Å². The summed E-state index contributed by atoms with van der Waals surface area (Å²) < 4.78 is 2.11. The number of rotatable bonds is 4. The van der Waals surface area contributed by atoms with E-state index in [1.807, 2.05) is 30.3 Å². The molecule has 3 heteroatoms. The van der Waals surface area contributed by atoms with Gasteiger partial charge in [0.1, 0.15) is 0 Å². The molecule has 1 aliphatic carbocycles. The van der Waals surface area contributed by atoms with Crippen LogP contribution in [0.15, 0.2) is 36.5 Å². The maximum absolute atomic E-state index is 10.3. The Hall–Kier alpha value is -1.61. The summed E-state index contributed by atoms with van der Waals surface area (Å²) in [4.78, 5) is 0. The summed E-state index contributed by atoms with van der Waals surface area (Å²) in [5.74, 6) is 0. The molecule has 0 saturated heterocycles. The molecule has 0 amide bonds. The molecule has 1 aromatic carbocycles. The summed E-state index contributed by atoms with van der Waals surface area (Å²) in [7, 11) is 0. The molecule has 3 nitrogen and oxygen atoms in total. The predicted octanol–water partition coefficient (Wildman–Crippen LogP) is 3.97. The molecule has 1 atom stereocenters. The van der Waals surface area contributed by atoms with Crippen molar-refractivity contribution in [3.8, 4) is 0 Å². The number of hydrogen-bond acceptors (Lipinski definition) is 2. The van der Waals surface area contributed by atoms with Gasteiger partial charge < -0.3 is 5.11 Å². The Balaban J connectivity index is 1.64. The molecule has 112 valence electrons. The van der Waals surface area contributed by atoms with Crippen molar-refractivity contribution in [3.05, 3.63) is 53.3 Å². The predicted molar refractivity (Wildman–Crippen MR) is 84.2 cm³/mol. The summed E-state index contributed by atoms with van der Waals surface area (Å²) in [6, 6.07) is 10.7. The normalized spacial score (nSPS) is 17.8. The highest BCUT2D eigenvalue weighted by Gasteiger charge is 2.17. The second-order valence-electron chi connectivity index (χ2n) is 6.21. The van der Waals surface area contributed by atoms with Gasteiger partial charge in [0, 0.05) is 12.6 Å². The van der Waals surface area contributed by atoms with Gasteiger partial charge in [-0.2, -0.15) is 5.10 Å². The van der Waals surface area contributed by atoms with Crippen molar-refractivity contribution in [2.75, 3.05) is 0 Å². The second-order valence-corrected chi connectivity index (χ2v) is 6.21. The largest absolute Gasteiger partial charge is 0.388 e. The van der Waals surface area contributed by atoms with Gasteiger partial charge >= 0.3 is 0 Å². The summed E-state index contributed by atoms with van der Waals surface area (Å²) in [6.07, 6.45) is 8.65. The first-order chi connectivity index (χ1) is 10.2. The Morgan fingerprint density at radius 3 is 2.57 bits per heavy atom. The van der Waals surface area contributed by atoms with Gasteiger partial charge in [-0.1, -0.05) is 49.1 Å². The van der Waals surface area contributed by atoms with E-state index in [9.17, 15) is 5.11 Å². The molecule has 1 unspecified atom stereocenters. The van der Waals surface area contributed by atoms with Gasteiger partial charge in [0.15, 0.2) is 0 Å². The van der Waals surface area contributed by atoms with Crippen LogP contribution < -0.4 is 0 Å². The molecule has 1 N–H and O–H groups in total. The first-order valence-electron chi connectivity index (χ1n) is 8.01. The second kappa shape index (κ2) is 6.44. The zero-order valence-corrected chi connectivity index (χ0v) is 12.7. The van der Waals surface area contributed by atoms with E-state index in [1.54, 1.807) is 0 Å². The molecule has 0 spiro atoms. The number of aromatic nitrogens is 2. The van der Waals surface area contributed by atoms with Gasteiger partial charge in [-0.15, -0.1) is 0 Å². The Morgan fingerprint density at radius 2 is 1.86 bits per heavy atom. The smallest absolute Gasteiger partial charge is 0.0846 e. The Bertz CT molecular complexity index is 567. The molecule has 1 saturated carbocycles. The molecule has 1 aromatic heterocycles. The maximum Gasteiger partial charge on any atom is 0.0846 e. The molecule has 21 heavy (non-hydrogen) atoms. The highest BCUT2D eigenvalue weighted by atomic mass is 16.3. The fraction of sp³-hybridized carbons (Fsp3) is 0.500. The lowest BCUT2D eigenvalue weighted by Crippen LogP contribution is -2.13. The van der Waals surface area contributed by atoms with Crippen molar-refractivity contribution in [1.29, 1.82) is 0 Å². The van der Waals surface area contributed by atoms with Crippen LogP contribution in [0.4, 0.5) is 0 Å². The zero-order valence-electron chi connectivity index (χ0n) is 12.7.